The van der Waals surface area contributed by atoms with Crippen molar-refractivity contribution in [1.29, 1.82) is 0 Å². The van der Waals surface area contributed by atoms with Crippen LogP contribution in [0, 0.1) is 3.57 Å². The number of aryl methyl sites for hydroxylation is 1. The summed E-state index contributed by atoms with van der Waals surface area (Å²) in [5.74, 6) is 1.52. The number of hydrogen-bond acceptors (Lipinski definition) is 3. The Morgan fingerprint density at radius 2 is 2.15 bits per heavy atom. The van der Waals surface area contributed by atoms with Crippen molar-refractivity contribution in [3.63, 3.8) is 0 Å². The molecule has 2 nitrogen and oxygen atoms in total. The molecular formula is C14H13BrClIN2S. The molecule has 1 aromatic heterocycles. The van der Waals surface area contributed by atoms with E-state index in [0.717, 1.165) is 38.2 Å². The standard InChI is InChI=1S/C14H13BrClIN2S/c1-2-4-11-13(17)14(16)19-12(18-11)8-20-10-6-3-5-9(15)7-10/h3,5-7H,2,4,8H2,1H3. The molecule has 106 valence electrons. The fourth-order valence-electron chi connectivity index (χ4n) is 1.68. The Hall–Kier alpha value is 0.150. The Balaban J connectivity index is 2.13. The first-order valence-corrected chi connectivity index (χ1v) is 9.43. The minimum absolute atomic E-state index is 0.564. The first kappa shape index (κ1) is 16.5. The summed E-state index contributed by atoms with van der Waals surface area (Å²) < 4.78 is 2.05. The normalized spacial score (nSPS) is 10.8. The molecule has 0 N–H and O–H groups in total. The fourth-order valence-corrected chi connectivity index (χ4v) is 3.76. The summed E-state index contributed by atoms with van der Waals surface area (Å²) in [5, 5.41) is 0.564. The van der Waals surface area contributed by atoms with E-state index < -0.39 is 0 Å². The van der Waals surface area contributed by atoms with Crippen LogP contribution in [0.2, 0.25) is 5.15 Å². The molecule has 2 aromatic rings. The SMILES string of the molecule is CCCc1nc(CSc2cccc(Br)c2)nc(Cl)c1I. The Kier molecular flexibility index (Phi) is 6.58. The summed E-state index contributed by atoms with van der Waals surface area (Å²) >= 11 is 13.6. The van der Waals surface area contributed by atoms with Gasteiger partial charge >= 0.3 is 0 Å². The van der Waals surface area contributed by atoms with Crippen molar-refractivity contribution in [2.45, 2.75) is 30.4 Å². The summed E-state index contributed by atoms with van der Waals surface area (Å²) in [5.41, 5.74) is 1.05. The van der Waals surface area contributed by atoms with E-state index >= 15 is 0 Å². The third-order valence-corrected chi connectivity index (χ3v) is 5.79. The molecule has 0 amide bonds. The van der Waals surface area contributed by atoms with Crippen LogP contribution in [-0.4, -0.2) is 9.97 Å². The highest BCUT2D eigenvalue weighted by Gasteiger charge is 2.10. The molecule has 0 bridgehead atoms. The minimum atomic E-state index is 0.564. The van der Waals surface area contributed by atoms with Crippen LogP contribution in [0.25, 0.3) is 0 Å². The molecule has 0 aliphatic heterocycles. The van der Waals surface area contributed by atoms with E-state index in [-0.39, 0.29) is 0 Å². The van der Waals surface area contributed by atoms with Gasteiger partial charge in [-0.05, 0) is 47.2 Å². The van der Waals surface area contributed by atoms with Crippen LogP contribution in [0.1, 0.15) is 24.9 Å². The lowest BCUT2D eigenvalue weighted by Crippen LogP contribution is -2.02. The number of benzene rings is 1. The van der Waals surface area contributed by atoms with Crippen LogP contribution in [0.15, 0.2) is 33.6 Å². The Morgan fingerprint density at radius 1 is 1.35 bits per heavy atom. The smallest absolute Gasteiger partial charge is 0.146 e. The average molecular weight is 484 g/mol. The highest BCUT2D eigenvalue weighted by molar-refractivity contribution is 14.1. The van der Waals surface area contributed by atoms with E-state index in [9.17, 15) is 0 Å². The van der Waals surface area contributed by atoms with Gasteiger partial charge in [-0.3, -0.25) is 0 Å². The zero-order valence-corrected chi connectivity index (χ0v) is 16.2. The lowest BCUT2D eigenvalue weighted by molar-refractivity contribution is 0.845. The van der Waals surface area contributed by atoms with E-state index in [1.54, 1.807) is 11.8 Å². The molecule has 0 saturated heterocycles. The number of thioether (sulfide) groups is 1. The van der Waals surface area contributed by atoms with Crippen LogP contribution >= 0.6 is 61.9 Å². The summed E-state index contributed by atoms with van der Waals surface area (Å²) in [4.78, 5) is 10.2. The summed E-state index contributed by atoms with van der Waals surface area (Å²) in [7, 11) is 0. The highest BCUT2D eigenvalue weighted by atomic mass is 127. The van der Waals surface area contributed by atoms with Gasteiger partial charge in [0.1, 0.15) is 11.0 Å². The zero-order valence-electron chi connectivity index (χ0n) is 10.9. The van der Waals surface area contributed by atoms with Crippen LogP contribution in [0.5, 0.6) is 0 Å². The minimum Gasteiger partial charge on any atom is -0.236 e. The maximum Gasteiger partial charge on any atom is 0.146 e. The first-order valence-electron chi connectivity index (χ1n) is 6.19. The second-order valence-corrected chi connectivity index (χ2v) is 7.59. The lowest BCUT2D eigenvalue weighted by Gasteiger charge is -2.07. The van der Waals surface area contributed by atoms with Gasteiger partial charge in [0.25, 0.3) is 0 Å². The van der Waals surface area contributed by atoms with Gasteiger partial charge in [-0.15, -0.1) is 11.8 Å². The van der Waals surface area contributed by atoms with E-state index in [2.05, 4.69) is 67.5 Å². The molecule has 0 saturated carbocycles. The Labute approximate surface area is 150 Å². The van der Waals surface area contributed by atoms with Gasteiger partial charge in [0.2, 0.25) is 0 Å². The predicted molar refractivity (Wildman–Crippen MR) is 97.5 cm³/mol. The van der Waals surface area contributed by atoms with Gasteiger partial charge in [0.05, 0.1) is 15.0 Å². The molecule has 0 unspecified atom stereocenters. The van der Waals surface area contributed by atoms with E-state index in [1.165, 1.54) is 4.90 Å². The molecule has 20 heavy (non-hydrogen) atoms. The summed E-state index contributed by atoms with van der Waals surface area (Å²) in [6, 6.07) is 8.21. The zero-order chi connectivity index (χ0) is 14.5. The molecule has 0 radical (unpaired) electrons. The van der Waals surface area contributed by atoms with Gasteiger partial charge in [-0.1, -0.05) is 46.9 Å². The third-order valence-electron chi connectivity index (χ3n) is 2.58. The predicted octanol–water partition coefficient (Wildman–Crippen LogP) is 5.74. The maximum atomic E-state index is 6.19. The first-order chi connectivity index (χ1) is 9.60. The van der Waals surface area contributed by atoms with Crippen LogP contribution in [0.3, 0.4) is 0 Å². The number of nitrogens with zero attached hydrogens (tertiary/aromatic N) is 2. The van der Waals surface area contributed by atoms with Gasteiger partial charge in [0, 0.05) is 9.37 Å². The van der Waals surface area contributed by atoms with E-state index in [4.69, 9.17) is 11.6 Å². The molecular weight excluding hydrogens is 470 g/mol. The van der Waals surface area contributed by atoms with Crippen molar-refractivity contribution < 1.29 is 0 Å². The van der Waals surface area contributed by atoms with Gasteiger partial charge in [-0.25, -0.2) is 9.97 Å². The van der Waals surface area contributed by atoms with Gasteiger partial charge in [-0.2, -0.15) is 0 Å². The van der Waals surface area contributed by atoms with Crippen molar-refractivity contribution in [2.75, 3.05) is 0 Å². The van der Waals surface area contributed by atoms with E-state index in [1.807, 2.05) is 12.1 Å². The molecule has 2 rings (SSSR count). The fraction of sp³-hybridized carbons (Fsp3) is 0.286. The van der Waals surface area contributed by atoms with Crippen molar-refractivity contribution in [1.82, 2.24) is 9.97 Å². The molecule has 6 heteroatoms. The van der Waals surface area contributed by atoms with Crippen molar-refractivity contribution in [2.24, 2.45) is 0 Å². The number of rotatable bonds is 5. The molecule has 0 aliphatic carbocycles. The summed E-state index contributed by atoms with van der Waals surface area (Å²) in [6.45, 7) is 2.14. The van der Waals surface area contributed by atoms with Crippen LogP contribution < -0.4 is 0 Å². The Morgan fingerprint density at radius 3 is 2.85 bits per heavy atom. The van der Waals surface area contributed by atoms with Gasteiger partial charge < -0.3 is 0 Å². The van der Waals surface area contributed by atoms with Crippen molar-refractivity contribution >= 4 is 61.9 Å². The highest BCUT2D eigenvalue weighted by Crippen LogP contribution is 2.26. The van der Waals surface area contributed by atoms with Crippen molar-refractivity contribution in [3.8, 4) is 0 Å². The molecule has 0 fully saturated rings. The average Bonchev–Trinajstić information content (AvgIpc) is 2.42. The van der Waals surface area contributed by atoms with Crippen LogP contribution in [-0.2, 0) is 12.2 Å². The largest absolute Gasteiger partial charge is 0.236 e. The van der Waals surface area contributed by atoms with Gasteiger partial charge in [0.15, 0.2) is 0 Å². The maximum absolute atomic E-state index is 6.19. The number of aromatic nitrogens is 2. The second-order valence-electron chi connectivity index (χ2n) is 4.19. The third kappa shape index (κ3) is 4.58. The molecule has 1 heterocycles. The topological polar surface area (TPSA) is 25.8 Å². The Bertz CT molecular complexity index is 610. The van der Waals surface area contributed by atoms with Crippen molar-refractivity contribution in [3.05, 3.63) is 49.0 Å². The monoisotopic (exact) mass is 482 g/mol. The van der Waals surface area contributed by atoms with E-state index in [0.29, 0.717) is 5.15 Å². The molecule has 1 aromatic carbocycles. The molecule has 0 atom stereocenters. The number of hydrogen-bond donors (Lipinski definition) is 0. The number of halogens is 3. The molecule has 0 spiro atoms. The van der Waals surface area contributed by atoms with Crippen LogP contribution in [0.4, 0.5) is 0 Å². The quantitative estimate of drug-likeness (QED) is 0.308. The second kappa shape index (κ2) is 7.96. The molecule has 0 aliphatic rings. The summed E-state index contributed by atoms with van der Waals surface area (Å²) in [6.07, 6.45) is 2.00. The lowest BCUT2D eigenvalue weighted by atomic mass is 10.2.